The largest absolute Gasteiger partial charge is 0.369 e. The van der Waals surface area contributed by atoms with E-state index in [0.717, 1.165) is 0 Å². The van der Waals surface area contributed by atoms with Gasteiger partial charge in [-0.3, -0.25) is 0 Å². The van der Waals surface area contributed by atoms with Crippen molar-refractivity contribution >= 4 is 44.7 Å². The molecule has 7 nitrogen and oxygen atoms in total. The Kier molecular flexibility index (Phi) is 5.68. The molecule has 162 valence electrons. The minimum absolute atomic E-state index is 0.0126. The van der Waals surface area contributed by atoms with Gasteiger partial charge in [0, 0.05) is 17.1 Å². The van der Waals surface area contributed by atoms with Crippen LogP contribution >= 0.6 is 11.6 Å². The van der Waals surface area contributed by atoms with Gasteiger partial charge < -0.3 is 11.5 Å². The molecule has 0 amide bonds. The quantitative estimate of drug-likeness (QED) is 0.261. The van der Waals surface area contributed by atoms with Gasteiger partial charge in [0.2, 0.25) is 5.96 Å². The Bertz CT molecular complexity index is 1480. The van der Waals surface area contributed by atoms with Crippen molar-refractivity contribution in [2.45, 2.75) is 4.90 Å². The molecular weight excluding hydrogens is 453 g/mol. The second kappa shape index (κ2) is 8.45. The molecule has 0 bridgehead atoms. The van der Waals surface area contributed by atoms with Gasteiger partial charge in [0.25, 0.3) is 10.0 Å². The van der Waals surface area contributed by atoms with Gasteiger partial charge >= 0.3 is 0 Å². The number of hydrogen-bond donors (Lipinski definition) is 2. The molecule has 10 heteroatoms. The molecule has 0 unspecified atom stereocenters. The SMILES string of the molecule is NC(N)=N/N=C/c1cn(S(=O)(=O)c2ccccc2)c2ccc(-c3ccc(F)c(Cl)c3)cc12. The predicted octanol–water partition coefficient (Wildman–Crippen LogP) is 3.95. The highest BCUT2D eigenvalue weighted by atomic mass is 35.5. The third-order valence-corrected chi connectivity index (χ3v) is 6.70. The number of aromatic nitrogens is 1. The Morgan fingerprint density at radius 1 is 1.00 bits per heavy atom. The van der Waals surface area contributed by atoms with Gasteiger partial charge in [-0.1, -0.05) is 41.9 Å². The Labute approximate surface area is 188 Å². The van der Waals surface area contributed by atoms with E-state index < -0.39 is 15.8 Å². The number of nitrogens with zero attached hydrogens (tertiary/aromatic N) is 3. The van der Waals surface area contributed by atoms with Crippen LogP contribution in [0.4, 0.5) is 4.39 Å². The first kappa shape index (κ1) is 21.5. The lowest BCUT2D eigenvalue weighted by Gasteiger charge is -2.08. The van der Waals surface area contributed by atoms with Crippen molar-refractivity contribution in [3.8, 4) is 11.1 Å². The van der Waals surface area contributed by atoms with E-state index in [4.69, 9.17) is 23.1 Å². The highest BCUT2D eigenvalue weighted by Gasteiger charge is 2.21. The van der Waals surface area contributed by atoms with Crippen molar-refractivity contribution in [2.75, 3.05) is 0 Å². The summed E-state index contributed by atoms with van der Waals surface area (Å²) < 4.78 is 41.3. The number of fused-ring (bicyclic) bond motifs is 1. The Balaban J connectivity index is 1.93. The second-order valence-corrected chi connectivity index (χ2v) is 9.05. The normalized spacial score (nSPS) is 11.8. The first-order valence-electron chi connectivity index (χ1n) is 9.30. The molecule has 0 aliphatic rings. The van der Waals surface area contributed by atoms with Crippen LogP contribution in [0.2, 0.25) is 5.02 Å². The molecule has 0 saturated carbocycles. The van der Waals surface area contributed by atoms with Gasteiger partial charge in [0.15, 0.2) is 0 Å². The van der Waals surface area contributed by atoms with Crippen molar-refractivity contribution in [2.24, 2.45) is 21.7 Å². The van der Waals surface area contributed by atoms with E-state index >= 15 is 0 Å². The molecular formula is C22H17ClFN5O2S. The third kappa shape index (κ3) is 4.08. The van der Waals surface area contributed by atoms with E-state index in [-0.39, 0.29) is 15.9 Å². The van der Waals surface area contributed by atoms with Crippen LogP contribution in [0, 0.1) is 5.82 Å². The van der Waals surface area contributed by atoms with Crippen LogP contribution in [-0.4, -0.2) is 24.6 Å². The topological polar surface area (TPSA) is 116 Å². The summed E-state index contributed by atoms with van der Waals surface area (Å²) in [5.41, 5.74) is 12.9. The zero-order chi connectivity index (χ0) is 22.9. The van der Waals surface area contributed by atoms with E-state index in [0.29, 0.717) is 27.6 Å². The number of halogens is 2. The van der Waals surface area contributed by atoms with Gasteiger partial charge in [0.05, 0.1) is 21.6 Å². The lowest BCUT2D eigenvalue weighted by atomic mass is 10.0. The number of nitrogens with two attached hydrogens (primary N) is 2. The summed E-state index contributed by atoms with van der Waals surface area (Å²) in [7, 11) is -3.88. The summed E-state index contributed by atoms with van der Waals surface area (Å²) in [4.78, 5) is 0.138. The minimum Gasteiger partial charge on any atom is -0.369 e. The third-order valence-electron chi connectivity index (χ3n) is 4.72. The summed E-state index contributed by atoms with van der Waals surface area (Å²) in [6.07, 6.45) is 2.81. The van der Waals surface area contributed by atoms with Crippen LogP contribution in [0.1, 0.15) is 5.56 Å². The molecule has 0 saturated heterocycles. The van der Waals surface area contributed by atoms with Crippen molar-refractivity contribution < 1.29 is 12.8 Å². The molecule has 4 aromatic rings. The van der Waals surface area contributed by atoms with Crippen molar-refractivity contribution in [1.82, 2.24) is 3.97 Å². The Morgan fingerprint density at radius 2 is 1.69 bits per heavy atom. The highest BCUT2D eigenvalue weighted by molar-refractivity contribution is 7.90. The van der Waals surface area contributed by atoms with E-state index in [1.165, 1.54) is 40.6 Å². The van der Waals surface area contributed by atoms with Gasteiger partial charge in [-0.25, -0.2) is 16.8 Å². The van der Waals surface area contributed by atoms with Crippen molar-refractivity contribution in [3.63, 3.8) is 0 Å². The molecule has 4 N–H and O–H groups in total. The maximum atomic E-state index is 13.6. The number of benzene rings is 3. The first-order valence-corrected chi connectivity index (χ1v) is 11.1. The zero-order valence-electron chi connectivity index (χ0n) is 16.5. The average molecular weight is 470 g/mol. The number of guanidine groups is 1. The standard InChI is InChI=1S/C22H17ClFN5O2S/c23-19-11-15(6-8-20(19)24)14-7-9-21-18(10-14)16(12-27-28-22(25)26)13-29(21)32(30,31)17-4-2-1-3-5-17/h1-13H,(H4,25,26,28)/b27-12+. The molecule has 0 spiro atoms. The summed E-state index contributed by atoms with van der Waals surface area (Å²) in [5, 5.41) is 7.97. The van der Waals surface area contributed by atoms with E-state index in [1.807, 2.05) is 0 Å². The smallest absolute Gasteiger partial charge is 0.268 e. The fraction of sp³-hybridized carbons (Fsp3) is 0. The zero-order valence-corrected chi connectivity index (χ0v) is 18.1. The summed E-state index contributed by atoms with van der Waals surface area (Å²) in [5.74, 6) is -0.759. The Morgan fingerprint density at radius 3 is 2.38 bits per heavy atom. The fourth-order valence-electron chi connectivity index (χ4n) is 3.25. The van der Waals surface area contributed by atoms with Crippen LogP contribution < -0.4 is 11.5 Å². The van der Waals surface area contributed by atoms with Crippen LogP contribution in [0.5, 0.6) is 0 Å². The summed E-state index contributed by atoms with van der Waals surface area (Å²) >= 11 is 5.93. The summed E-state index contributed by atoms with van der Waals surface area (Å²) in [6, 6.07) is 17.6. The minimum atomic E-state index is -3.88. The Hall–Kier alpha value is -3.69. The molecule has 0 aliphatic heterocycles. The van der Waals surface area contributed by atoms with Crippen LogP contribution in [0.15, 0.2) is 88.0 Å². The van der Waals surface area contributed by atoms with Crippen LogP contribution in [-0.2, 0) is 10.0 Å². The number of hydrogen-bond acceptors (Lipinski definition) is 4. The predicted molar refractivity (Wildman–Crippen MR) is 125 cm³/mol. The van der Waals surface area contributed by atoms with Crippen LogP contribution in [0.25, 0.3) is 22.0 Å². The highest BCUT2D eigenvalue weighted by Crippen LogP contribution is 2.31. The maximum absolute atomic E-state index is 13.6. The molecule has 3 aromatic carbocycles. The molecule has 0 atom stereocenters. The summed E-state index contributed by atoms with van der Waals surface area (Å²) in [6.45, 7) is 0. The first-order chi connectivity index (χ1) is 15.3. The van der Waals surface area contributed by atoms with Crippen molar-refractivity contribution in [1.29, 1.82) is 0 Å². The monoisotopic (exact) mass is 469 g/mol. The molecule has 0 fully saturated rings. The lowest BCUT2D eigenvalue weighted by Crippen LogP contribution is -2.21. The van der Waals surface area contributed by atoms with E-state index in [1.54, 1.807) is 42.5 Å². The molecule has 0 radical (unpaired) electrons. The van der Waals surface area contributed by atoms with Gasteiger partial charge in [-0.05, 0) is 47.5 Å². The maximum Gasteiger partial charge on any atom is 0.268 e. The second-order valence-electron chi connectivity index (χ2n) is 6.83. The molecule has 1 aromatic heterocycles. The van der Waals surface area contributed by atoms with Crippen molar-refractivity contribution in [3.05, 3.63) is 89.3 Å². The van der Waals surface area contributed by atoms with E-state index in [9.17, 15) is 12.8 Å². The molecule has 1 heterocycles. The van der Waals surface area contributed by atoms with Gasteiger partial charge in [-0.2, -0.15) is 5.10 Å². The van der Waals surface area contributed by atoms with Gasteiger partial charge in [-0.15, -0.1) is 5.10 Å². The lowest BCUT2D eigenvalue weighted by molar-refractivity contribution is 0.589. The van der Waals surface area contributed by atoms with E-state index in [2.05, 4.69) is 10.2 Å². The average Bonchev–Trinajstić information content (AvgIpc) is 3.15. The number of rotatable bonds is 5. The fourth-order valence-corrected chi connectivity index (χ4v) is 4.82. The molecule has 4 rings (SSSR count). The van der Waals surface area contributed by atoms with Crippen LogP contribution in [0.3, 0.4) is 0 Å². The molecule has 32 heavy (non-hydrogen) atoms. The molecule has 0 aliphatic carbocycles. The van der Waals surface area contributed by atoms with Gasteiger partial charge in [0.1, 0.15) is 5.82 Å².